The SMILES string of the molecule is CCOC(=O)CC1CCN2CCCCC2C1. The van der Waals surface area contributed by atoms with Crippen molar-refractivity contribution in [2.75, 3.05) is 19.7 Å². The van der Waals surface area contributed by atoms with Gasteiger partial charge in [-0.2, -0.15) is 0 Å². The highest BCUT2D eigenvalue weighted by Gasteiger charge is 2.31. The summed E-state index contributed by atoms with van der Waals surface area (Å²) in [7, 11) is 0. The van der Waals surface area contributed by atoms with Gasteiger partial charge in [-0.05, 0) is 51.6 Å². The summed E-state index contributed by atoms with van der Waals surface area (Å²) in [5, 5.41) is 0. The molecule has 3 heteroatoms. The van der Waals surface area contributed by atoms with Gasteiger partial charge < -0.3 is 9.64 Å². The van der Waals surface area contributed by atoms with Gasteiger partial charge in [-0.25, -0.2) is 0 Å². The number of carbonyl (C=O) groups excluding carboxylic acids is 1. The van der Waals surface area contributed by atoms with Crippen molar-refractivity contribution < 1.29 is 9.53 Å². The lowest BCUT2D eigenvalue weighted by Crippen LogP contribution is -2.45. The van der Waals surface area contributed by atoms with E-state index in [2.05, 4.69) is 4.90 Å². The third-order valence-electron chi connectivity index (χ3n) is 3.94. The zero-order chi connectivity index (χ0) is 11.4. The first-order chi connectivity index (χ1) is 7.79. The average Bonchev–Trinajstić information content (AvgIpc) is 2.29. The highest BCUT2D eigenvalue weighted by molar-refractivity contribution is 5.69. The Morgan fingerprint density at radius 2 is 2.19 bits per heavy atom. The summed E-state index contributed by atoms with van der Waals surface area (Å²) < 4.78 is 5.03. The molecule has 16 heavy (non-hydrogen) atoms. The first-order valence-corrected chi connectivity index (χ1v) is 6.69. The number of hydrogen-bond acceptors (Lipinski definition) is 3. The van der Waals surface area contributed by atoms with Gasteiger partial charge in [-0.3, -0.25) is 4.79 Å². The van der Waals surface area contributed by atoms with Crippen LogP contribution >= 0.6 is 0 Å². The summed E-state index contributed by atoms with van der Waals surface area (Å²) in [6.07, 6.45) is 7.08. The van der Waals surface area contributed by atoms with E-state index in [0.717, 1.165) is 6.04 Å². The number of nitrogens with zero attached hydrogens (tertiary/aromatic N) is 1. The van der Waals surface area contributed by atoms with Crippen LogP contribution in [0.15, 0.2) is 0 Å². The molecule has 0 aromatic carbocycles. The Balaban J connectivity index is 1.78. The van der Waals surface area contributed by atoms with Crippen molar-refractivity contribution >= 4 is 5.97 Å². The zero-order valence-corrected chi connectivity index (χ0v) is 10.3. The van der Waals surface area contributed by atoms with Crippen LogP contribution in [0.2, 0.25) is 0 Å². The van der Waals surface area contributed by atoms with Crippen LogP contribution in [0.25, 0.3) is 0 Å². The normalized spacial score (nSPS) is 30.8. The van der Waals surface area contributed by atoms with Crippen LogP contribution in [-0.2, 0) is 9.53 Å². The zero-order valence-electron chi connectivity index (χ0n) is 10.3. The third kappa shape index (κ3) is 2.97. The van der Waals surface area contributed by atoms with Crippen LogP contribution in [0, 0.1) is 5.92 Å². The van der Waals surface area contributed by atoms with Gasteiger partial charge in [0.2, 0.25) is 0 Å². The fourth-order valence-electron chi connectivity index (χ4n) is 3.11. The minimum atomic E-state index is -0.00300. The van der Waals surface area contributed by atoms with E-state index < -0.39 is 0 Å². The molecule has 0 aromatic rings. The van der Waals surface area contributed by atoms with Crippen LogP contribution < -0.4 is 0 Å². The summed E-state index contributed by atoms with van der Waals surface area (Å²) in [6.45, 7) is 4.86. The smallest absolute Gasteiger partial charge is 0.306 e. The molecule has 0 saturated carbocycles. The molecule has 2 aliphatic heterocycles. The molecule has 2 fully saturated rings. The van der Waals surface area contributed by atoms with E-state index in [9.17, 15) is 4.79 Å². The number of fused-ring (bicyclic) bond motifs is 1. The summed E-state index contributed by atoms with van der Waals surface area (Å²) in [5.74, 6) is 0.565. The summed E-state index contributed by atoms with van der Waals surface area (Å²) >= 11 is 0. The monoisotopic (exact) mass is 225 g/mol. The van der Waals surface area contributed by atoms with Crippen LogP contribution in [0.4, 0.5) is 0 Å². The van der Waals surface area contributed by atoms with Crippen molar-refractivity contribution in [2.45, 2.75) is 51.5 Å². The topological polar surface area (TPSA) is 29.5 Å². The van der Waals surface area contributed by atoms with Crippen LogP contribution in [-0.4, -0.2) is 36.6 Å². The van der Waals surface area contributed by atoms with E-state index in [1.165, 1.54) is 45.2 Å². The second-order valence-electron chi connectivity index (χ2n) is 5.09. The van der Waals surface area contributed by atoms with Gasteiger partial charge in [0.15, 0.2) is 0 Å². The molecule has 0 radical (unpaired) electrons. The van der Waals surface area contributed by atoms with E-state index in [4.69, 9.17) is 4.74 Å². The molecule has 2 aliphatic rings. The summed E-state index contributed by atoms with van der Waals surface area (Å²) in [5.41, 5.74) is 0. The fraction of sp³-hybridized carbons (Fsp3) is 0.923. The Bertz CT molecular complexity index is 242. The number of ether oxygens (including phenoxy) is 1. The Morgan fingerprint density at radius 1 is 1.31 bits per heavy atom. The van der Waals surface area contributed by atoms with Gasteiger partial charge in [-0.1, -0.05) is 6.42 Å². The van der Waals surface area contributed by atoms with Gasteiger partial charge in [-0.15, -0.1) is 0 Å². The summed E-state index contributed by atoms with van der Waals surface area (Å²) in [6, 6.07) is 0.752. The maximum Gasteiger partial charge on any atom is 0.306 e. The van der Waals surface area contributed by atoms with Crippen molar-refractivity contribution in [1.29, 1.82) is 0 Å². The van der Waals surface area contributed by atoms with Gasteiger partial charge in [0.1, 0.15) is 0 Å². The van der Waals surface area contributed by atoms with E-state index in [-0.39, 0.29) is 5.97 Å². The number of carbonyl (C=O) groups is 1. The molecule has 2 rings (SSSR count). The molecule has 0 aliphatic carbocycles. The van der Waals surface area contributed by atoms with Gasteiger partial charge in [0.25, 0.3) is 0 Å². The van der Waals surface area contributed by atoms with Crippen LogP contribution in [0.1, 0.15) is 45.4 Å². The molecular formula is C13H23NO2. The standard InChI is InChI=1S/C13H23NO2/c1-2-16-13(15)10-11-6-8-14-7-4-3-5-12(14)9-11/h11-12H,2-10H2,1H3. The predicted octanol–water partition coefficient (Wildman–Crippen LogP) is 2.20. The lowest BCUT2D eigenvalue weighted by molar-refractivity contribution is -0.144. The minimum absolute atomic E-state index is 0.00300. The molecule has 2 heterocycles. The predicted molar refractivity (Wildman–Crippen MR) is 63.2 cm³/mol. The van der Waals surface area contributed by atoms with E-state index >= 15 is 0 Å². The van der Waals surface area contributed by atoms with Crippen molar-refractivity contribution in [3.05, 3.63) is 0 Å². The molecule has 0 amide bonds. The molecule has 0 aromatic heterocycles. The molecule has 2 saturated heterocycles. The number of rotatable bonds is 3. The van der Waals surface area contributed by atoms with Gasteiger partial charge >= 0.3 is 5.97 Å². The van der Waals surface area contributed by atoms with Crippen molar-refractivity contribution in [3.8, 4) is 0 Å². The second-order valence-corrected chi connectivity index (χ2v) is 5.09. The van der Waals surface area contributed by atoms with Crippen molar-refractivity contribution in [2.24, 2.45) is 5.92 Å². The Hall–Kier alpha value is -0.570. The third-order valence-corrected chi connectivity index (χ3v) is 3.94. The highest BCUT2D eigenvalue weighted by Crippen LogP contribution is 2.31. The molecule has 3 nitrogen and oxygen atoms in total. The van der Waals surface area contributed by atoms with Gasteiger partial charge in [0.05, 0.1) is 6.61 Å². The number of piperidine rings is 2. The Morgan fingerprint density at radius 3 is 3.00 bits per heavy atom. The quantitative estimate of drug-likeness (QED) is 0.690. The lowest BCUT2D eigenvalue weighted by Gasteiger charge is -2.42. The lowest BCUT2D eigenvalue weighted by atomic mass is 9.84. The minimum Gasteiger partial charge on any atom is -0.466 e. The second kappa shape index (κ2) is 5.67. The molecule has 2 unspecified atom stereocenters. The fourth-order valence-corrected chi connectivity index (χ4v) is 3.11. The molecule has 0 bridgehead atoms. The molecule has 92 valence electrons. The van der Waals surface area contributed by atoms with Crippen LogP contribution in [0.5, 0.6) is 0 Å². The molecule has 2 atom stereocenters. The van der Waals surface area contributed by atoms with E-state index in [1.54, 1.807) is 0 Å². The largest absolute Gasteiger partial charge is 0.466 e. The first kappa shape index (κ1) is 11.9. The summed E-state index contributed by atoms with van der Waals surface area (Å²) in [4.78, 5) is 14.1. The van der Waals surface area contributed by atoms with E-state index in [0.29, 0.717) is 18.9 Å². The number of hydrogen-bond donors (Lipinski definition) is 0. The molecule has 0 N–H and O–H groups in total. The molecular weight excluding hydrogens is 202 g/mol. The van der Waals surface area contributed by atoms with Crippen molar-refractivity contribution in [1.82, 2.24) is 4.90 Å². The highest BCUT2D eigenvalue weighted by atomic mass is 16.5. The maximum absolute atomic E-state index is 11.4. The molecule has 0 spiro atoms. The number of esters is 1. The van der Waals surface area contributed by atoms with Crippen LogP contribution in [0.3, 0.4) is 0 Å². The maximum atomic E-state index is 11.4. The van der Waals surface area contributed by atoms with Crippen molar-refractivity contribution in [3.63, 3.8) is 0 Å². The van der Waals surface area contributed by atoms with E-state index in [1.807, 2.05) is 6.92 Å². The Kier molecular flexibility index (Phi) is 4.22. The first-order valence-electron chi connectivity index (χ1n) is 6.69. The van der Waals surface area contributed by atoms with Gasteiger partial charge in [0, 0.05) is 12.5 Å². The Labute approximate surface area is 98.1 Å². The average molecular weight is 225 g/mol.